The molecule has 3 saturated heterocycles. The van der Waals surface area contributed by atoms with E-state index in [9.17, 15) is 61.0 Å². The number of rotatable bonds is 65. The third-order valence-electron chi connectivity index (χ3n) is 19.8. The average molecular weight is 1530 g/mol. The number of carbonyl (C=O) groups excluding carboxylic acids is 1. The van der Waals surface area contributed by atoms with Gasteiger partial charge in [0.25, 0.3) is 0 Å². The molecule has 19 nitrogen and oxygen atoms in total. The Morgan fingerprint density at radius 3 is 1.03 bits per heavy atom. The molecule has 12 N–H and O–H groups in total. The van der Waals surface area contributed by atoms with Gasteiger partial charge >= 0.3 is 0 Å². The molecule has 3 heterocycles. The maximum absolute atomic E-state index is 13.5. The third-order valence-corrected chi connectivity index (χ3v) is 19.8. The van der Waals surface area contributed by atoms with E-state index in [2.05, 4.69) is 165 Å². The Bertz CT molecular complexity index is 2590. The lowest BCUT2D eigenvalue weighted by Crippen LogP contribution is -2.66. The van der Waals surface area contributed by atoms with Crippen LogP contribution in [0, 0.1) is 0 Å². The minimum absolute atomic E-state index is 0.191. The van der Waals surface area contributed by atoms with Crippen molar-refractivity contribution < 1.29 is 89.4 Å². The fourth-order valence-corrected chi connectivity index (χ4v) is 13.1. The quantitative estimate of drug-likeness (QED) is 0.0199. The highest BCUT2D eigenvalue weighted by Gasteiger charge is 2.54. The number of allylic oxidation sites excluding steroid dienone is 25. The molecule has 3 rings (SSSR count). The Labute approximate surface area is 656 Å². The maximum atomic E-state index is 13.5. The molecule has 0 aliphatic carbocycles. The smallest absolute Gasteiger partial charge is 0.220 e. The van der Waals surface area contributed by atoms with Crippen molar-refractivity contribution in [2.75, 3.05) is 26.4 Å². The molecule has 3 aliphatic heterocycles. The molecule has 3 fully saturated rings. The van der Waals surface area contributed by atoms with Crippen LogP contribution >= 0.6 is 0 Å². The zero-order valence-electron chi connectivity index (χ0n) is 66.7. The number of carbonyl (C=O) groups is 1. The van der Waals surface area contributed by atoms with Crippen molar-refractivity contribution in [2.45, 2.75) is 375 Å². The van der Waals surface area contributed by atoms with E-state index in [-0.39, 0.29) is 12.3 Å². The lowest BCUT2D eigenvalue weighted by molar-refractivity contribution is -0.379. The highest BCUT2D eigenvalue weighted by atomic mass is 16.8. The summed E-state index contributed by atoms with van der Waals surface area (Å²) in [5.41, 5.74) is 0. The third kappa shape index (κ3) is 47.0. The van der Waals surface area contributed by atoms with E-state index in [4.69, 9.17) is 28.4 Å². The molecule has 3 aliphatic rings. The van der Waals surface area contributed by atoms with Crippen molar-refractivity contribution in [1.82, 2.24) is 5.32 Å². The van der Waals surface area contributed by atoms with Crippen molar-refractivity contribution in [3.63, 3.8) is 0 Å². The monoisotopic (exact) mass is 1530 g/mol. The summed E-state index contributed by atoms with van der Waals surface area (Å²) in [4.78, 5) is 13.5. The molecular formula is C90H149NO18. The highest BCUT2D eigenvalue weighted by Crippen LogP contribution is 2.33. The Balaban J connectivity index is 1.40. The molecule has 0 aromatic carbocycles. The summed E-state index contributed by atoms with van der Waals surface area (Å²) >= 11 is 0. The molecule has 17 atom stereocenters. The number of ether oxygens (including phenoxy) is 6. The van der Waals surface area contributed by atoms with Crippen molar-refractivity contribution in [2.24, 2.45) is 0 Å². The molecule has 0 radical (unpaired) electrons. The number of aliphatic hydroxyl groups is 11. The molecule has 1 amide bonds. The van der Waals surface area contributed by atoms with Crippen LogP contribution in [0.25, 0.3) is 0 Å². The van der Waals surface area contributed by atoms with Gasteiger partial charge in [0.1, 0.15) is 73.2 Å². The molecular weight excluding hydrogens is 1380 g/mol. The second kappa shape index (κ2) is 67.9. The van der Waals surface area contributed by atoms with Gasteiger partial charge in [-0.15, -0.1) is 0 Å². The second-order valence-corrected chi connectivity index (χ2v) is 29.2. The van der Waals surface area contributed by atoms with Crippen LogP contribution in [0.1, 0.15) is 271 Å². The number of amides is 1. The van der Waals surface area contributed by atoms with Crippen LogP contribution in [-0.4, -0.2) is 193 Å². The van der Waals surface area contributed by atoms with Crippen LogP contribution in [0.4, 0.5) is 0 Å². The van der Waals surface area contributed by atoms with Crippen LogP contribution in [0.2, 0.25) is 0 Å². The first kappa shape index (κ1) is 98.6. The van der Waals surface area contributed by atoms with Gasteiger partial charge in [-0.25, -0.2) is 0 Å². The zero-order chi connectivity index (χ0) is 78.8. The van der Waals surface area contributed by atoms with E-state index < -0.39 is 131 Å². The average Bonchev–Trinajstić information content (AvgIpc) is 0.749. The van der Waals surface area contributed by atoms with Gasteiger partial charge in [0.05, 0.1) is 38.6 Å². The van der Waals surface area contributed by atoms with Crippen molar-refractivity contribution in [1.29, 1.82) is 0 Å². The molecule has 0 saturated carbocycles. The fraction of sp³-hybridized carbons (Fsp3) is 0.700. The van der Waals surface area contributed by atoms with Crippen LogP contribution in [0.15, 0.2) is 158 Å². The Kier molecular flexibility index (Phi) is 61.4. The van der Waals surface area contributed by atoms with E-state index in [1.807, 2.05) is 6.08 Å². The van der Waals surface area contributed by atoms with Crippen LogP contribution in [0.5, 0.6) is 0 Å². The second-order valence-electron chi connectivity index (χ2n) is 29.2. The van der Waals surface area contributed by atoms with Gasteiger partial charge in [-0.1, -0.05) is 300 Å². The van der Waals surface area contributed by atoms with Crippen molar-refractivity contribution in [3.05, 3.63) is 158 Å². The number of hydrogen-bond acceptors (Lipinski definition) is 18. The van der Waals surface area contributed by atoms with Gasteiger partial charge < -0.3 is 89.9 Å². The number of aliphatic hydroxyl groups excluding tert-OH is 11. The van der Waals surface area contributed by atoms with E-state index in [0.29, 0.717) is 12.8 Å². The molecule has 17 unspecified atom stereocenters. The summed E-state index contributed by atoms with van der Waals surface area (Å²) in [6.45, 7) is 1.58. The predicted octanol–water partition coefficient (Wildman–Crippen LogP) is 15.2. The largest absolute Gasteiger partial charge is 0.394 e. The number of hydrogen-bond donors (Lipinski definition) is 12. The topological polar surface area (TPSA) is 307 Å². The Morgan fingerprint density at radius 2 is 0.642 bits per heavy atom. The first-order valence-electron chi connectivity index (χ1n) is 42.2. The first-order valence-corrected chi connectivity index (χ1v) is 42.2. The van der Waals surface area contributed by atoms with E-state index in [1.165, 1.54) is 122 Å². The number of nitrogens with one attached hydrogen (secondary N) is 1. The molecule has 0 spiro atoms. The predicted molar refractivity (Wildman–Crippen MR) is 438 cm³/mol. The summed E-state index contributed by atoms with van der Waals surface area (Å²) < 4.78 is 34.4. The minimum Gasteiger partial charge on any atom is -0.394 e. The summed E-state index contributed by atoms with van der Waals surface area (Å²) in [6, 6.07) is -1.03. The van der Waals surface area contributed by atoms with Crippen LogP contribution < -0.4 is 5.32 Å². The van der Waals surface area contributed by atoms with Gasteiger partial charge in [0.2, 0.25) is 5.91 Å². The van der Waals surface area contributed by atoms with Gasteiger partial charge in [0.15, 0.2) is 18.9 Å². The zero-order valence-corrected chi connectivity index (χ0v) is 66.7. The van der Waals surface area contributed by atoms with Crippen molar-refractivity contribution >= 4 is 5.91 Å². The van der Waals surface area contributed by atoms with Gasteiger partial charge in [-0.3, -0.25) is 4.79 Å². The highest BCUT2D eigenvalue weighted by molar-refractivity contribution is 5.76. The maximum Gasteiger partial charge on any atom is 0.220 e. The lowest BCUT2D eigenvalue weighted by atomic mass is 9.96. The molecule has 19 heteroatoms. The van der Waals surface area contributed by atoms with Crippen molar-refractivity contribution in [3.8, 4) is 0 Å². The summed E-state index contributed by atoms with van der Waals surface area (Å²) in [5.74, 6) is -0.319. The molecule has 0 bridgehead atoms. The van der Waals surface area contributed by atoms with E-state index >= 15 is 0 Å². The minimum atomic E-state index is -2.00. The molecule has 109 heavy (non-hydrogen) atoms. The standard InChI is InChI=1S/C90H149NO18/c1-3-5-7-9-11-13-15-17-19-21-23-25-27-29-31-33-34-35-36-37-38-40-42-44-46-48-50-52-54-56-58-60-62-64-66-68-78(96)91-73(74(95)67-65-63-61-59-57-55-53-51-49-47-45-43-41-39-32-30-28-26-24-22-20-18-16-14-12-10-8-6-4-2)72-104-88-84(102)81(99)86(76(70-93)106-88)109-90-85(103)82(100)87(77(71-94)107-90)108-89-83(101)80(98)79(97)75(69-92)105-89/h5,7,11,13,17,19,23,25,29,31,34-35,37-38,42,44,48-51,54,56-57,59,65,67,73-77,79-90,92-95,97-103H,3-4,6,8-10,12,14-16,18,20-22,24,26-28,30,32-33,36,39-41,43,45-47,52-53,55,58,60-64,66,68-72H2,1-2H3,(H,91,96)/b7-5-,13-11-,19-17-,25-23-,31-29-,35-34-,38-37-,44-42-,50-48-,51-49+,56-54-,59-57+,67-65+. The van der Waals surface area contributed by atoms with Gasteiger partial charge in [-0.05, 0) is 122 Å². The first-order chi connectivity index (χ1) is 53.3. The number of unbranched alkanes of at least 4 members (excludes halogenated alkanes) is 25. The Morgan fingerprint density at radius 1 is 0.339 bits per heavy atom. The molecule has 0 aromatic rings. The van der Waals surface area contributed by atoms with Crippen LogP contribution in [0.3, 0.4) is 0 Å². The SMILES string of the molecule is CC/C=C\C/C=C\C/C=C\C/C=C\C/C=C\C/C=C\C/C=C\C/C=C\C/C=C\C/C=C\CCCCCCC(=O)NC(COC1OC(CO)C(OC2OC(CO)C(OC3OC(CO)C(O)C(O)C3O)C(O)C2O)C(O)C1O)C(O)/C=C/CC/C=C/CC/C=C/CCCCCCCCCCCCCCCCCCCCC. The van der Waals surface area contributed by atoms with E-state index in [0.717, 1.165) is 116 Å². The Hall–Kier alpha value is -4.59. The summed E-state index contributed by atoms with van der Waals surface area (Å²) in [6.07, 6.45) is 73.7. The van der Waals surface area contributed by atoms with E-state index in [1.54, 1.807) is 6.08 Å². The summed E-state index contributed by atoms with van der Waals surface area (Å²) in [7, 11) is 0. The molecule has 0 aromatic heterocycles. The van der Waals surface area contributed by atoms with Gasteiger partial charge in [0, 0.05) is 6.42 Å². The molecule has 622 valence electrons. The normalized spacial score (nSPS) is 26.1. The lowest BCUT2D eigenvalue weighted by Gasteiger charge is -2.48. The van der Waals surface area contributed by atoms with Gasteiger partial charge in [-0.2, -0.15) is 0 Å². The fourth-order valence-electron chi connectivity index (χ4n) is 13.1. The summed E-state index contributed by atoms with van der Waals surface area (Å²) in [5, 5.41) is 121. The van der Waals surface area contributed by atoms with Crippen LogP contribution in [-0.2, 0) is 33.2 Å².